The van der Waals surface area contributed by atoms with Crippen molar-refractivity contribution in [3.63, 3.8) is 0 Å². The maximum atomic E-state index is 12.6. The van der Waals surface area contributed by atoms with Crippen LogP contribution in [-0.4, -0.2) is 33.6 Å². The average molecular weight is 286 g/mol. The summed E-state index contributed by atoms with van der Waals surface area (Å²) in [6.07, 6.45) is -6.77. The molecule has 0 fully saturated rings. The minimum absolute atomic E-state index is 0.163. The largest absolute Gasteiger partial charge is 0.478 e. The van der Waals surface area contributed by atoms with Crippen LogP contribution >= 0.6 is 0 Å². The lowest BCUT2D eigenvalue weighted by atomic mass is 10.2. The molecular formula is C12H9F3N2O3. The van der Waals surface area contributed by atoms with E-state index in [1.54, 1.807) is 12.1 Å². The van der Waals surface area contributed by atoms with Crippen molar-refractivity contribution in [2.24, 2.45) is 0 Å². The maximum Gasteiger partial charge on any atom is 0.425 e. The minimum atomic E-state index is -4.61. The molecule has 0 aliphatic rings. The van der Waals surface area contributed by atoms with E-state index in [0.29, 0.717) is 0 Å². The molecule has 2 aromatic rings. The molecule has 20 heavy (non-hydrogen) atoms. The number of alkyl halides is 3. The highest BCUT2D eigenvalue weighted by Crippen LogP contribution is 2.31. The Bertz CT molecular complexity index is 658. The first-order valence-electron chi connectivity index (χ1n) is 5.53. The van der Waals surface area contributed by atoms with Crippen molar-refractivity contribution in [1.29, 1.82) is 0 Å². The van der Waals surface area contributed by atoms with E-state index in [1.165, 1.54) is 12.1 Å². The number of fused-ring (bicyclic) bond motifs is 1. The van der Waals surface area contributed by atoms with Crippen molar-refractivity contribution in [3.05, 3.63) is 30.0 Å². The van der Waals surface area contributed by atoms with E-state index in [1.807, 2.05) is 0 Å². The SMILES string of the molecule is CC(Oc1c(C(=O)O)nnc2ccccc12)C(F)(F)F. The summed E-state index contributed by atoms with van der Waals surface area (Å²) in [6, 6.07) is 6.07. The van der Waals surface area contributed by atoms with Gasteiger partial charge in [0.25, 0.3) is 0 Å². The number of carbonyl (C=O) groups is 1. The van der Waals surface area contributed by atoms with E-state index < -0.39 is 29.7 Å². The Kier molecular flexibility index (Phi) is 3.47. The van der Waals surface area contributed by atoms with Crippen LogP contribution in [0.15, 0.2) is 24.3 Å². The van der Waals surface area contributed by atoms with Gasteiger partial charge in [0.2, 0.25) is 5.69 Å². The van der Waals surface area contributed by atoms with Gasteiger partial charge in [0.05, 0.1) is 5.52 Å². The van der Waals surface area contributed by atoms with Crippen molar-refractivity contribution in [2.75, 3.05) is 0 Å². The summed E-state index contributed by atoms with van der Waals surface area (Å²) in [5.41, 5.74) is -0.401. The molecule has 0 aliphatic heterocycles. The van der Waals surface area contributed by atoms with Gasteiger partial charge in [-0.1, -0.05) is 12.1 Å². The molecule has 1 unspecified atom stereocenters. The Hall–Kier alpha value is -2.38. The van der Waals surface area contributed by atoms with Crippen LogP contribution in [0.4, 0.5) is 13.2 Å². The van der Waals surface area contributed by atoms with Crippen LogP contribution in [0.1, 0.15) is 17.4 Å². The highest BCUT2D eigenvalue weighted by Gasteiger charge is 2.39. The van der Waals surface area contributed by atoms with Gasteiger partial charge in [-0.3, -0.25) is 0 Å². The summed E-state index contributed by atoms with van der Waals surface area (Å²) in [6.45, 7) is 0.792. The predicted molar refractivity (Wildman–Crippen MR) is 62.6 cm³/mol. The summed E-state index contributed by atoms with van der Waals surface area (Å²) in [4.78, 5) is 11.0. The first kappa shape index (κ1) is 14.0. The van der Waals surface area contributed by atoms with Gasteiger partial charge in [0.15, 0.2) is 11.9 Å². The zero-order valence-corrected chi connectivity index (χ0v) is 10.2. The van der Waals surface area contributed by atoms with Gasteiger partial charge in [-0.05, 0) is 19.1 Å². The van der Waals surface area contributed by atoms with Crippen molar-refractivity contribution in [3.8, 4) is 5.75 Å². The van der Waals surface area contributed by atoms with Crippen LogP contribution in [0.2, 0.25) is 0 Å². The number of carboxylic acids is 1. The number of aromatic nitrogens is 2. The number of halogens is 3. The van der Waals surface area contributed by atoms with Gasteiger partial charge in [-0.15, -0.1) is 10.2 Å². The molecular weight excluding hydrogens is 277 g/mol. The molecule has 1 aromatic heterocycles. The van der Waals surface area contributed by atoms with Crippen molar-refractivity contribution in [2.45, 2.75) is 19.2 Å². The highest BCUT2D eigenvalue weighted by atomic mass is 19.4. The van der Waals surface area contributed by atoms with Gasteiger partial charge in [0, 0.05) is 5.39 Å². The molecule has 0 amide bonds. The maximum absolute atomic E-state index is 12.6. The van der Waals surface area contributed by atoms with Gasteiger partial charge in [0.1, 0.15) is 0 Å². The molecule has 106 valence electrons. The van der Waals surface area contributed by atoms with Gasteiger partial charge < -0.3 is 9.84 Å². The van der Waals surface area contributed by atoms with E-state index in [0.717, 1.165) is 6.92 Å². The summed E-state index contributed by atoms with van der Waals surface area (Å²) in [7, 11) is 0. The summed E-state index contributed by atoms with van der Waals surface area (Å²) in [5, 5.41) is 16.2. The van der Waals surface area contributed by atoms with E-state index in [4.69, 9.17) is 9.84 Å². The van der Waals surface area contributed by atoms with Crippen molar-refractivity contribution < 1.29 is 27.8 Å². The van der Waals surface area contributed by atoms with E-state index in [-0.39, 0.29) is 10.9 Å². The minimum Gasteiger partial charge on any atom is -0.478 e. The second-order valence-corrected chi connectivity index (χ2v) is 4.00. The molecule has 0 saturated carbocycles. The average Bonchev–Trinajstić information content (AvgIpc) is 2.37. The normalized spacial score (nSPS) is 13.2. The fourth-order valence-electron chi connectivity index (χ4n) is 1.53. The third-order valence-corrected chi connectivity index (χ3v) is 2.58. The first-order chi connectivity index (χ1) is 9.30. The Morgan fingerprint density at radius 1 is 1.30 bits per heavy atom. The fraction of sp³-hybridized carbons (Fsp3) is 0.250. The van der Waals surface area contributed by atoms with Crippen LogP contribution in [0.25, 0.3) is 10.9 Å². The van der Waals surface area contributed by atoms with Crippen LogP contribution in [0, 0.1) is 0 Å². The lowest BCUT2D eigenvalue weighted by Crippen LogP contribution is -2.32. The molecule has 1 atom stereocenters. The summed E-state index contributed by atoms with van der Waals surface area (Å²) in [5.74, 6) is -1.94. The Morgan fingerprint density at radius 3 is 2.55 bits per heavy atom. The Balaban J connectivity index is 2.58. The summed E-state index contributed by atoms with van der Waals surface area (Å²) >= 11 is 0. The smallest absolute Gasteiger partial charge is 0.425 e. The second-order valence-electron chi connectivity index (χ2n) is 4.00. The molecule has 5 nitrogen and oxygen atoms in total. The third-order valence-electron chi connectivity index (χ3n) is 2.58. The molecule has 1 heterocycles. The first-order valence-corrected chi connectivity index (χ1v) is 5.53. The van der Waals surface area contributed by atoms with Gasteiger partial charge >= 0.3 is 12.1 Å². The zero-order chi connectivity index (χ0) is 14.9. The van der Waals surface area contributed by atoms with Crippen LogP contribution < -0.4 is 4.74 Å². The Labute approximate surface area is 111 Å². The van der Waals surface area contributed by atoms with Gasteiger partial charge in [-0.2, -0.15) is 13.2 Å². The number of hydrogen-bond donors (Lipinski definition) is 1. The van der Waals surface area contributed by atoms with Crippen molar-refractivity contribution >= 4 is 16.9 Å². The third kappa shape index (κ3) is 2.63. The molecule has 0 spiro atoms. The number of ether oxygens (including phenoxy) is 1. The number of nitrogens with zero attached hydrogens (tertiary/aromatic N) is 2. The topological polar surface area (TPSA) is 72.3 Å². The highest BCUT2D eigenvalue weighted by molar-refractivity contribution is 5.96. The molecule has 1 N–H and O–H groups in total. The molecule has 1 aromatic carbocycles. The predicted octanol–water partition coefficient (Wildman–Crippen LogP) is 2.66. The molecule has 0 radical (unpaired) electrons. The lowest BCUT2D eigenvalue weighted by Gasteiger charge is -2.19. The number of hydrogen-bond acceptors (Lipinski definition) is 4. The fourth-order valence-corrected chi connectivity index (χ4v) is 1.53. The molecule has 0 saturated heterocycles. The zero-order valence-electron chi connectivity index (χ0n) is 10.2. The molecule has 8 heteroatoms. The van der Waals surface area contributed by atoms with Gasteiger partial charge in [-0.25, -0.2) is 4.79 Å². The van der Waals surface area contributed by atoms with E-state index in [2.05, 4.69) is 10.2 Å². The number of rotatable bonds is 3. The Morgan fingerprint density at radius 2 is 1.95 bits per heavy atom. The number of benzene rings is 1. The number of aromatic carboxylic acids is 1. The summed E-state index contributed by atoms with van der Waals surface area (Å²) < 4.78 is 42.5. The molecule has 0 bridgehead atoms. The molecule has 2 rings (SSSR count). The quantitative estimate of drug-likeness (QED) is 0.939. The monoisotopic (exact) mass is 286 g/mol. The number of carboxylic acid groups (broad SMARTS) is 1. The van der Waals surface area contributed by atoms with E-state index >= 15 is 0 Å². The lowest BCUT2D eigenvalue weighted by molar-refractivity contribution is -0.189. The molecule has 0 aliphatic carbocycles. The van der Waals surface area contributed by atoms with Crippen LogP contribution in [0.3, 0.4) is 0 Å². The van der Waals surface area contributed by atoms with Crippen LogP contribution in [-0.2, 0) is 0 Å². The standard InChI is InChI=1S/C12H9F3N2O3/c1-6(12(13,14)15)20-10-7-4-2-3-5-8(7)16-17-9(10)11(18)19/h2-6H,1H3,(H,18,19). The second kappa shape index (κ2) is 4.95. The van der Waals surface area contributed by atoms with Crippen LogP contribution in [0.5, 0.6) is 5.75 Å². The van der Waals surface area contributed by atoms with E-state index in [9.17, 15) is 18.0 Å². The van der Waals surface area contributed by atoms with Crippen molar-refractivity contribution in [1.82, 2.24) is 10.2 Å².